The van der Waals surface area contributed by atoms with Crippen LogP contribution in [0.15, 0.2) is 42.9 Å². The van der Waals surface area contributed by atoms with E-state index >= 15 is 4.39 Å². The molecule has 4 aromatic rings. The maximum Gasteiger partial charge on any atom is 0.188 e. The van der Waals surface area contributed by atoms with Crippen molar-refractivity contribution in [3.8, 4) is 22.8 Å². The minimum atomic E-state index is -1.19. The smallest absolute Gasteiger partial charge is 0.188 e. The Bertz CT molecular complexity index is 1410. The highest BCUT2D eigenvalue weighted by atomic mass is 19.1. The first-order valence-electron chi connectivity index (χ1n) is 11.7. The summed E-state index contributed by atoms with van der Waals surface area (Å²) < 4.78 is 27.6. The van der Waals surface area contributed by atoms with E-state index in [0.717, 1.165) is 0 Å². The normalized spacial score (nSPS) is 12.1. The molecule has 3 aromatic heterocycles. The predicted octanol–water partition coefficient (Wildman–Crippen LogP) is 3.72. The summed E-state index contributed by atoms with van der Waals surface area (Å²) in [5, 5.41) is 25.0. The fourth-order valence-corrected chi connectivity index (χ4v) is 3.85. The Balaban J connectivity index is 1.79. The Morgan fingerprint density at radius 3 is 2.41 bits per heavy atom. The number of anilines is 2. The third-order valence-electron chi connectivity index (χ3n) is 5.43. The lowest BCUT2D eigenvalue weighted by Crippen LogP contribution is -2.36. The van der Waals surface area contributed by atoms with E-state index < -0.39 is 17.0 Å². The van der Waals surface area contributed by atoms with Crippen molar-refractivity contribution in [2.75, 3.05) is 25.7 Å². The quantitative estimate of drug-likeness (QED) is 0.347. The first kappa shape index (κ1) is 26.2. The van der Waals surface area contributed by atoms with Crippen molar-refractivity contribution in [3.05, 3.63) is 48.7 Å². The molecule has 0 aliphatic heterocycles. The summed E-state index contributed by atoms with van der Waals surface area (Å²) in [6.45, 7) is 7.00. The molecule has 0 saturated heterocycles. The maximum absolute atomic E-state index is 15.4. The second kappa shape index (κ2) is 9.91. The van der Waals surface area contributed by atoms with Gasteiger partial charge in [-0.2, -0.15) is 5.10 Å². The molecule has 0 aliphatic carbocycles. The highest BCUT2D eigenvalue weighted by Gasteiger charge is 2.26. The van der Waals surface area contributed by atoms with Crippen molar-refractivity contribution in [1.29, 1.82) is 0 Å². The summed E-state index contributed by atoms with van der Waals surface area (Å²) in [5.74, 6) is 0.127. The van der Waals surface area contributed by atoms with Gasteiger partial charge in [0.2, 0.25) is 0 Å². The molecule has 0 amide bonds. The summed E-state index contributed by atoms with van der Waals surface area (Å²) in [6.07, 6.45) is 5.04. The number of hydrogen-bond donors (Lipinski definition) is 2. The Hall–Kier alpha value is -3.83. The molecule has 37 heavy (non-hydrogen) atoms. The Morgan fingerprint density at radius 1 is 1.00 bits per heavy atom. The fraction of sp³-hybridized carbons (Fsp3) is 0.385. The second-order valence-corrected chi connectivity index (χ2v) is 10.1. The highest BCUT2D eigenvalue weighted by Crippen LogP contribution is 2.37. The zero-order valence-electron chi connectivity index (χ0n) is 21.7. The zero-order chi connectivity index (χ0) is 27.0. The SMILES string of the molecule is COc1cc(OC)c(F)c(N(CC(C)(C)O)c2ccc3ncc(-c4cnn(CC(C)(C)O)c4)nc3n2)c1. The van der Waals surface area contributed by atoms with Crippen LogP contribution in [0.2, 0.25) is 0 Å². The number of aromatic nitrogens is 5. The van der Waals surface area contributed by atoms with Crippen LogP contribution in [0.25, 0.3) is 22.4 Å². The second-order valence-electron chi connectivity index (χ2n) is 10.1. The molecule has 2 N–H and O–H groups in total. The van der Waals surface area contributed by atoms with Gasteiger partial charge in [-0.15, -0.1) is 0 Å². The maximum atomic E-state index is 15.4. The first-order valence-corrected chi connectivity index (χ1v) is 11.7. The summed E-state index contributed by atoms with van der Waals surface area (Å²) in [6, 6.07) is 6.40. The molecular weight excluding hydrogens is 479 g/mol. The van der Waals surface area contributed by atoms with E-state index in [-0.39, 0.29) is 18.0 Å². The minimum absolute atomic E-state index is 0.000955. The first-order chi connectivity index (χ1) is 17.4. The van der Waals surface area contributed by atoms with Crippen LogP contribution in [-0.4, -0.2) is 66.9 Å². The molecule has 0 fully saturated rings. The van der Waals surface area contributed by atoms with E-state index in [2.05, 4.69) is 20.1 Å². The fourth-order valence-electron chi connectivity index (χ4n) is 3.85. The largest absolute Gasteiger partial charge is 0.497 e. The summed E-state index contributed by atoms with van der Waals surface area (Å²) in [4.78, 5) is 15.3. The number of nitrogens with zero attached hydrogens (tertiary/aromatic N) is 6. The van der Waals surface area contributed by atoms with Gasteiger partial charge in [-0.25, -0.2) is 14.4 Å². The van der Waals surface area contributed by atoms with Crippen LogP contribution in [-0.2, 0) is 6.54 Å². The number of fused-ring (bicyclic) bond motifs is 1. The molecule has 0 atom stereocenters. The third-order valence-corrected chi connectivity index (χ3v) is 5.43. The molecule has 196 valence electrons. The number of rotatable bonds is 9. The molecule has 3 heterocycles. The van der Waals surface area contributed by atoms with Crippen LogP contribution >= 0.6 is 0 Å². The van der Waals surface area contributed by atoms with Crippen LogP contribution in [0.4, 0.5) is 15.9 Å². The number of halogens is 1. The number of methoxy groups -OCH3 is 2. The lowest BCUT2D eigenvalue weighted by atomic mass is 10.1. The van der Waals surface area contributed by atoms with E-state index in [0.29, 0.717) is 40.5 Å². The van der Waals surface area contributed by atoms with Gasteiger partial charge in [0.15, 0.2) is 17.2 Å². The van der Waals surface area contributed by atoms with Gasteiger partial charge in [-0.1, -0.05) is 0 Å². The lowest BCUT2D eigenvalue weighted by Gasteiger charge is -2.31. The summed E-state index contributed by atoms with van der Waals surface area (Å²) in [5.41, 5.74) is 0.149. The average molecular weight is 511 g/mol. The van der Waals surface area contributed by atoms with Crippen molar-refractivity contribution in [3.63, 3.8) is 0 Å². The third kappa shape index (κ3) is 6.12. The molecule has 0 radical (unpaired) electrons. The Labute approximate surface area is 214 Å². The zero-order valence-corrected chi connectivity index (χ0v) is 21.7. The van der Waals surface area contributed by atoms with E-state index in [1.165, 1.54) is 26.4 Å². The van der Waals surface area contributed by atoms with Gasteiger partial charge in [0, 0.05) is 23.9 Å². The van der Waals surface area contributed by atoms with Crippen LogP contribution in [0.5, 0.6) is 11.5 Å². The van der Waals surface area contributed by atoms with Crippen LogP contribution in [0, 0.1) is 5.82 Å². The van der Waals surface area contributed by atoms with Gasteiger partial charge >= 0.3 is 0 Å². The molecule has 10 nitrogen and oxygen atoms in total. The van der Waals surface area contributed by atoms with E-state index in [1.807, 2.05) is 0 Å². The van der Waals surface area contributed by atoms with E-state index in [1.54, 1.807) is 68.0 Å². The molecule has 0 aliphatic rings. The molecule has 0 spiro atoms. The monoisotopic (exact) mass is 510 g/mol. The summed E-state index contributed by atoms with van der Waals surface area (Å²) >= 11 is 0. The van der Waals surface area contributed by atoms with Gasteiger partial charge in [0.05, 0.1) is 62.3 Å². The topological polar surface area (TPSA) is 119 Å². The van der Waals surface area contributed by atoms with Gasteiger partial charge in [0.25, 0.3) is 0 Å². The molecule has 4 rings (SSSR count). The van der Waals surface area contributed by atoms with Gasteiger partial charge in [-0.3, -0.25) is 9.67 Å². The van der Waals surface area contributed by atoms with Crippen LogP contribution < -0.4 is 14.4 Å². The van der Waals surface area contributed by atoms with Crippen molar-refractivity contribution >= 4 is 22.7 Å². The molecule has 1 aromatic carbocycles. The van der Waals surface area contributed by atoms with Crippen LogP contribution in [0.1, 0.15) is 27.7 Å². The number of ether oxygens (including phenoxy) is 2. The molecule has 11 heteroatoms. The Morgan fingerprint density at radius 2 is 1.76 bits per heavy atom. The highest BCUT2D eigenvalue weighted by molar-refractivity contribution is 5.77. The molecule has 0 saturated carbocycles. The number of pyridine rings is 1. The lowest BCUT2D eigenvalue weighted by molar-refractivity contribution is 0.0577. The van der Waals surface area contributed by atoms with Crippen LogP contribution in [0.3, 0.4) is 0 Å². The van der Waals surface area contributed by atoms with Crippen molar-refractivity contribution in [2.24, 2.45) is 0 Å². The van der Waals surface area contributed by atoms with Gasteiger partial charge in [0.1, 0.15) is 17.1 Å². The molecular formula is C26H31FN6O4. The predicted molar refractivity (Wildman–Crippen MR) is 138 cm³/mol. The number of aliphatic hydroxyl groups is 2. The van der Waals surface area contributed by atoms with Crippen molar-refractivity contribution < 1.29 is 24.1 Å². The van der Waals surface area contributed by atoms with Gasteiger partial charge < -0.3 is 24.6 Å². The van der Waals surface area contributed by atoms with Crippen molar-refractivity contribution in [1.82, 2.24) is 24.7 Å². The number of benzene rings is 1. The number of hydrogen-bond acceptors (Lipinski definition) is 9. The molecule has 0 unspecified atom stereocenters. The van der Waals surface area contributed by atoms with E-state index in [4.69, 9.17) is 9.47 Å². The minimum Gasteiger partial charge on any atom is -0.497 e. The van der Waals surface area contributed by atoms with Crippen molar-refractivity contribution in [2.45, 2.75) is 45.4 Å². The summed E-state index contributed by atoms with van der Waals surface area (Å²) in [7, 11) is 2.85. The Kier molecular flexibility index (Phi) is 7.03. The standard InChI is InChI=1S/C26H31FN6O4/c1-25(2,34)14-32-13-16(11-29-32)19-12-28-18-7-8-22(31-24(18)30-19)33(15-26(3,4)35)20-9-17(36-5)10-21(37-6)23(20)27/h7-13,34-35H,14-15H2,1-6H3. The average Bonchev–Trinajstić information content (AvgIpc) is 3.28. The molecule has 0 bridgehead atoms. The van der Waals surface area contributed by atoms with E-state index in [9.17, 15) is 10.2 Å². The van der Waals surface area contributed by atoms with Gasteiger partial charge in [-0.05, 0) is 39.8 Å².